The van der Waals surface area contributed by atoms with Crippen LogP contribution in [0.5, 0.6) is 0 Å². The Morgan fingerprint density at radius 2 is 1.69 bits per heavy atom. The third-order valence-corrected chi connectivity index (χ3v) is 8.57. The Bertz CT molecular complexity index is 1490. The number of carbonyl (C=O) groups excluding carboxylic acids is 1. The molecule has 0 spiro atoms. The third-order valence-electron chi connectivity index (χ3n) is 7.10. The summed E-state index contributed by atoms with van der Waals surface area (Å²) >= 11 is 0. The fraction of sp³-hybridized carbons (Fsp3) is 0.423. The van der Waals surface area contributed by atoms with E-state index in [1.807, 2.05) is 30.3 Å². The van der Waals surface area contributed by atoms with Crippen molar-refractivity contribution in [2.24, 2.45) is 14.1 Å². The van der Waals surface area contributed by atoms with Crippen molar-refractivity contribution in [2.45, 2.75) is 55.5 Å². The van der Waals surface area contributed by atoms with Crippen LogP contribution in [0, 0.1) is 0 Å². The molecule has 0 radical (unpaired) electrons. The Morgan fingerprint density at radius 1 is 1.03 bits per heavy atom. The number of benzene rings is 2. The van der Waals surface area contributed by atoms with Gasteiger partial charge in [-0.3, -0.25) is 18.7 Å². The number of aryl methyl sites for hydroxylation is 1. The zero-order chi connectivity index (χ0) is 26.0. The van der Waals surface area contributed by atoms with Gasteiger partial charge in [0.1, 0.15) is 6.04 Å². The Balaban J connectivity index is 1.69. The number of sulfonamides is 1. The molecule has 36 heavy (non-hydrogen) atoms. The molecule has 0 bridgehead atoms. The summed E-state index contributed by atoms with van der Waals surface area (Å²) in [5, 5.41) is 0.104. The molecule has 192 valence electrons. The van der Waals surface area contributed by atoms with Gasteiger partial charge in [-0.25, -0.2) is 13.2 Å². The smallest absolute Gasteiger partial charge is 0.330 e. The Hall–Kier alpha value is -3.24. The number of carbonyl (C=O) groups is 1. The topological polar surface area (TPSA) is 110 Å². The highest BCUT2D eigenvalue weighted by atomic mass is 32.2. The van der Waals surface area contributed by atoms with Crippen LogP contribution in [0.3, 0.4) is 0 Å². The second-order valence-corrected chi connectivity index (χ2v) is 11.2. The second-order valence-electron chi connectivity index (χ2n) is 9.49. The third kappa shape index (κ3) is 5.15. The molecule has 0 aliphatic heterocycles. The van der Waals surface area contributed by atoms with Gasteiger partial charge in [0.05, 0.1) is 15.8 Å². The lowest BCUT2D eigenvalue weighted by atomic mass is 9.94. The highest BCUT2D eigenvalue weighted by Gasteiger charge is 2.32. The minimum absolute atomic E-state index is 0.0824. The van der Waals surface area contributed by atoms with Gasteiger partial charge in [-0.2, -0.15) is 4.72 Å². The summed E-state index contributed by atoms with van der Waals surface area (Å²) in [4.78, 5) is 40.0. The van der Waals surface area contributed by atoms with Crippen molar-refractivity contribution in [3.05, 3.63) is 74.9 Å². The quantitative estimate of drug-likeness (QED) is 0.520. The SMILES string of the molecule is CN(C(=O)[C@H](Cc1ccccc1)NS(=O)(=O)c1ccc2c(c1)c(=O)n(C)c(=O)n2C)C1CCCCC1. The summed E-state index contributed by atoms with van der Waals surface area (Å²) in [5.41, 5.74) is 0.0774. The number of nitrogens with zero attached hydrogens (tertiary/aromatic N) is 3. The molecule has 1 saturated carbocycles. The zero-order valence-corrected chi connectivity index (χ0v) is 21.6. The van der Waals surface area contributed by atoms with Crippen LogP contribution in [0.15, 0.2) is 63.0 Å². The van der Waals surface area contributed by atoms with Crippen molar-refractivity contribution in [3.63, 3.8) is 0 Å². The van der Waals surface area contributed by atoms with Gasteiger partial charge in [-0.15, -0.1) is 0 Å². The van der Waals surface area contributed by atoms with E-state index in [9.17, 15) is 22.8 Å². The van der Waals surface area contributed by atoms with E-state index in [2.05, 4.69) is 4.72 Å². The lowest BCUT2D eigenvalue weighted by Gasteiger charge is -2.34. The van der Waals surface area contributed by atoms with Gasteiger partial charge in [-0.1, -0.05) is 49.6 Å². The summed E-state index contributed by atoms with van der Waals surface area (Å²) < 4.78 is 31.8. The number of likely N-dealkylation sites (N-methyl/N-ethyl adjacent to an activating group) is 1. The molecule has 1 aromatic heterocycles. The zero-order valence-electron chi connectivity index (χ0n) is 20.8. The highest BCUT2D eigenvalue weighted by molar-refractivity contribution is 7.89. The largest absolute Gasteiger partial charge is 0.341 e. The minimum Gasteiger partial charge on any atom is -0.341 e. The van der Waals surface area contributed by atoms with Crippen LogP contribution in [0.4, 0.5) is 0 Å². The van der Waals surface area contributed by atoms with E-state index in [4.69, 9.17) is 0 Å². The van der Waals surface area contributed by atoms with Crippen LogP contribution in [-0.4, -0.2) is 47.5 Å². The molecule has 1 atom stereocenters. The highest BCUT2D eigenvalue weighted by Crippen LogP contribution is 2.23. The van der Waals surface area contributed by atoms with Gasteiger partial charge in [0.15, 0.2) is 0 Å². The maximum atomic E-state index is 13.6. The van der Waals surface area contributed by atoms with Crippen LogP contribution in [0.25, 0.3) is 10.9 Å². The molecule has 1 fully saturated rings. The predicted octanol–water partition coefficient (Wildman–Crippen LogP) is 1.92. The van der Waals surface area contributed by atoms with Crippen molar-refractivity contribution in [1.82, 2.24) is 18.8 Å². The number of fused-ring (bicyclic) bond motifs is 1. The fourth-order valence-electron chi connectivity index (χ4n) is 4.92. The van der Waals surface area contributed by atoms with E-state index in [0.29, 0.717) is 5.52 Å². The van der Waals surface area contributed by atoms with Gasteiger partial charge in [0.2, 0.25) is 15.9 Å². The lowest BCUT2D eigenvalue weighted by molar-refractivity contribution is -0.134. The molecule has 1 N–H and O–H groups in total. The van der Waals surface area contributed by atoms with Crippen LogP contribution in [0.2, 0.25) is 0 Å². The van der Waals surface area contributed by atoms with Gasteiger partial charge in [0.25, 0.3) is 5.56 Å². The summed E-state index contributed by atoms with van der Waals surface area (Å²) in [6.07, 6.45) is 5.24. The van der Waals surface area contributed by atoms with Crippen molar-refractivity contribution in [2.75, 3.05) is 7.05 Å². The lowest BCUT2D eigenvalue weighted by Crippen LogP contribution is -2.51. The molecule has 10 heteroatoms. The van der Waals surface area contributed by atoms with Crippen molar-refractivity contribution in [1.29, 1.82) is 0 Å². The molecule has 3 aromatic rings. The van der Waals surface area contributed by atoms with Crippen LogP contribution in [0.1, 0.15) is 37.7 Å². The molecule has 1 heterocycles. The van der Waals surface area contributed by atoms with Crippen LogP contribution < -0.4 is 16.0 Å². The molecule has 1 amide bonds. The Labute approximate surface area is 210 Å². The molecule has 9 nitrogen and oxygen atoms in total. The molecule has 2 aromatic carbocycles. The molecule has 0 saturated heterocycles. The van der Waals surface area contributed by atoms with E-state index in [0.717, 1.165) is 42.2 Å². The maximum Gasteiger partial charge on any atom is 0.330 e. The number of nitrogens with one attached hydrogen (secondary N) is 1. The predicted molar refractivity (Wildman–Crippen MR) is 138 cm³/mol. The average molecular weight is 513 g/mol. The summed E-state index contributed by atoms with van der Waals surface area (Å²) in [6, 6.07) is 12.4. The standard InChI is InChI=1S/C26H32N4O5S/c1-28(19-12-8-5-9-13-19)25(32)22(16-18-10-6-4-7-11-18)27-36(34,35)20-14-15-23-21(17-20)24(31)30(3)26(33)29(23)2/h4,6-7,10-11,14-15,17,19,22,27H,5,8-9,12-13,16H2,1-3H3/t22-/m0/s1. The van der Waals surface area contributed by atoms with Crippen LogP contribution in [-0.2, 0) is 35.3 Å². The molecular formula is C26H32N4O5S. The fourth-order valence-corrected chi connectivity index (χ4v) is 6.14. The van der Waals surface area contributed by atoms with Gasteiger partial charge >= 0.3 is 5.69 Å². The normalized spacial score (nSPS) is 15.6. The number of aromatic nitrogens is 2. The molecule has 1 aliphatic rings. The first-order chi connectivity index (χ1) is 17.1. The summed E-state index contributed by atoms with van der Waals surface area (Å²) in [7, 11) is 0.441. The average Bonchev–Trinajstić information content (AvgIpc) is 2.90. The molecule has 0 unspecified atom stereocenters. The van der Waals surface area contributed by atoms with E-state index < -0.39 is 27.3 Å². The number of rotatable bonds is 7. The Morgan fingerprint density at radius 3 is 2.36 bits per heavy atom. The monoisotopic (exact) mass is 512 g/mol. The maximum absolute atomic E-state index is 13.6. The van der Waals surface area contributed by atoms with E-state index in [1.54, 1.807) is 11.9 Å². The summed E-state index contributed by atoms with van der Waals surface area (Å²) in [5.74, 6) is -0.284. The molecular weight excluding hydrogens is 480 g/mol. The van der Waals surface area contributed by atoms with Gasteiger partial charge < -0.3 is 4.90 Å². The first-order valence-electron chi connectivity index (χ1n) is 12.1. The van der Waals surface area contributed by atoms with E-state index >= 15 is 0 Å². The molecule has 4 rings (SSSR count). The number of amides is 1. The Kier molecular flexibility index (Phi) is 7.46. The number of hydrogen-bond acceptors (Lipinski definition) is 5. The van der Waals surface area contributed by atoms with Crippen molar-refractivity contribution < 1.29 is 13.2 Å². The van der Waals surface area contributed by atoms with Crippen LogP contribution >= 0.6 is 0 Å². The first-order valence-corrected chi connectivity index (χ1v) is 13.6. The van der Waals surface area contributed by atoms with Gasteiger partial charge in [-0.05, 0) is 43.0 Å². The van der Waals surface area contributed by atoms with E-state index in [-0.39, 0.29) is 28.7 Å². The number of hydrogen-bond donors (Lipinski definition) is 1. The minimum atomic E-state index is -4.17. The van der Waals surface area contributed by atoms with Gasteiger partial charge in [0, 0.05) is 27.2 Å². The van der Waals surface area contributed by atoms with Crippen molar-refractivity contribution >= 4 is 26.8 Å². The molecule has 1 aliphatic carbocycles. The first kappa shape index (κ1) is 25.8. The van der Waals surface area contributed by atoms with Crippen molar-refractivity contribution in [3.8, 4) is 0 Å². The second kappa shape index (κ2) is 10.4. The van der Waals surface area contributed by atoms with E-state index in [1.165, 1.54) is 36.9 Å². The summed E-state index contributed by atoms with van der Waals surface area (Å²) in [6.45, 7) is 0.